The van der Waals surface area contributed by atoms with Crippen LogP contribution in [0.4, 0.5) is 0 Å². The Hall–Kier alpha value is -1.46. The molecule has 1 amide bonds. The van der Waals surface area contributed by atoms with Gasteiger partial charge in [0.25, 0.3) is 0 Å². The number of amides is 1. The SMILES string of the molecule is COCCC(=O)N[C@@H](COC)c1ccccn1. The summed E-state index contributed by atoms with van der Waals surface area (Å²) in [5.74, 6) is -0.0699. The Morgan fingerprint density at radius 1 is 1.41 bits per heavy atom. The molecule has 0 aromatic carbocycles. The summed E-state index contributed by atoms with van der Waals surface area (Å²) >= 11 is 0. The molecule has 1 heterocycles. The van der Waals surface area contributed by atoms with E-state index in [9.17, 15) is 4.79 Å². The molecule has 0 radical (unpaired) electrons. The Morgan fingerprint density at radius 3 is 2.82 bits per heavy atom. The summed E-state index contributed by atoms with van der Waals surface area (Å²) in [4.78, 5) is 15.8. The molecule has 1 rings (SSSR count). The molecule has 0 bridgehead atoms. The minimum atomic E-state index is -0.217. The van der Waals surface area contributed by atoms with E-state index in [0.717, 1.165) is 5.69 Å². The molecule has 1 atom stereocenters. The van der Waals surface area contributed by atoms with Gasteiger partial charge in [0, 0.05) is 26.8 Å². The number of carbonyl (C=O) groups is 1. The smallest absolute Gasteiger partial charge is 0.222 e. The summed E-state index contributed by atoms with van der Waals surface area (Å²) in [6.45, 7) is 0.809. The number of ether oxygens (including phenoxy) is 2. The summed E-state index contributed by atoms with van der Waals surface area (Å²) in [6, 6.07) is 5.36. The highest BCUT2D eigenvalue weighted by atomic mass is 16.5. The molecule has 0 saturated carbocycles. The number of hydrogen-bond acceptors (Lipinski definition) is 4. The van der Waals surface area contributed by atoms with Crippen LogP contribution < -0.4 is 5.32 Å². The Balaban J connectivity index is 2.57. The topological polar surface area (TPSA) is 60.5 Å². The van der Waals surface area contributed by atoms with E-state index in [1.54, 1.807) is 20.4 Å². The van der Waals surface area contributed by atoms with Gasteiger partial charge in [-0.15, -0.1) is 0 Å². The van der Waals surface area contributed by atoms with Crippen molar-refractivity contribution >= 4 is 5.91 Å². The van der Waals surface area contributed by atoms with Gasteiger partial charge in [0.1, 0.15) is 0 Å². The zero-order valence-electron chi connectivity index (χ0n) is 10.2. The molecule has 94 valence electrons. The van der Waals surface area contributed by atoms with Gasteiger partial charge in [-0.25, -0.2) is 0 Å². The molecule has 0 saturated heterocycles. The predicted molar refractivity (Wildman–Crippen MR) is 63.5 cm³/mol. The maximum Gasteiger partial charge on any atom is 0.222 e. The Bertz CT molecular complexity index is 330. The van der Waals surface area contributed by atoms with Crippen LogP contribution in [0.25, 0.3) is 0 Å². The van der Waals surface area contributed by atoms with Crippen LogP contribution in [0.3, 0.4) is 0 Å². The van der Waals surface area contributed by atoms with Gasteiger partial charge in [-0.1, -0.05) is 6.07 Å². The molecule has 0 unspecified atom stereocenters. The number of aromatic nitrogens is 1. The van der Waals surface area contributed by atoms with E-state index in [1.807, 2.05) is 18.2 Å². The van der Waals surface area contributed by atoms with E-state index in [4.69, 9.17) is 9.47 Å². The highest BCUT2D eigenvalue weighted by molar-refractivity contribution is 5.76. The van der Waals surface area contributed by atoms with Gasteiger partial charge in [-0.05, 0) is 12.1 Å². The number of methoxy groups -OCH3 is 2. The number of pyridine rings is 1. The van der Waals surface area contributed by atoms with Crippen molar-refractivity contribution in [1.82, 2.24) is 10.3 Å². The van der Waals surface area contributed by atoms with Crippen molar-refractivity contribution in [1.29, 1.82) is 0 Å². The molecular formula is C12H18N2O3. The van der Waals surface area contributed by atoms with Crippen LogP contribution in [0, 0.1) is 0 Å². The lowest BCUT2D eigenvalue weighted by Crippen LogP contribution is -2.32. The lowest BCUT2D eigenvalue weighted by molar-refractivity contribution is -0.123. The molecule has 0 aliphatic rings. The van der Waals surface area contributed by atoms with Crippen LogP contribution in [0.15, 0.2) is 24.4 Å². The van der Waals surface area contributed by atoms with Gasteiger partial charge in [0.2, 0.25) is 5.91 Å². The van der Waals surface area contributed by atoms with Crippen molar-refractivity contribution in [3.8, 4) is 0 Å². The summed E-state index contributed by atoms with van der Waals surface area (Å²) in [7, 11) is 3.16. The molecule has 0 aliphatic heterocycles. The maximum atomic E-state index is 11.6. The standard InChI is InChI=1S/C12H18N2O3/c1-16-8-6-12(15)14-11(9-17-2)10-5-3-4-7-13-10/h3-5,7,11H,6,8-9H2,1-2H3,(H,14,15)/t11-/m0/s1. The summed E-state index contributed by atoms with van der Waals surface area (Å²) in [5, 5.41) is 2.86. The van der Waals surface area contributed by atoms with Crippen LogP contribution in [0.5, 0.6) is 0 Å². The molecule has 1 aromatic heterocycles. The zero-order valence-corrected chi connectivity index (χ0v) is 10.2. The molecule has 0 aliphatic carbocycles. The van der Waals surface area contributed by atoms with E-state index in [-0.39, 0.29) is 11.9 Å². The number of nitrogens with one attached hydrogen (secondary N) is 1. The average molecular weight is 238 g/mol. The molecule has 1 aromatic rings. The first kappa shape index (κ1) is 13.6. The minimum absolute atomic E-state index is 0.0699. The van der Waals surface area contributed by atoms with Gasteiger partial charge in [-0.2, -0.15) is 0 Å². The third-order valence-electron chi connectivity index (χ3n) is 2.25. The predicted octanol–water partition coefficient (Wildman–Crippen LogP) is 0.922. The second-order valence-corrected chi connectivity index (χ2v) is 3.57. The van der Waals surface area contributed by atoms with Crippen molar-refractivity contribution < 1.29 is 14.3 Å². The van der Waals surface area contributed by atoms with E-state index < -0.39 is 0 Å². The average Bonchev–Trinajstić information content (AvgIpc) is 2.37. The van der Waals surface area contributed by atoms with Crippen LogP contribution in [-0.4, -0.2) is 38.3 Å². The van der Waals surface area contributed by atoms with Crippen molar-refractivity contribution in [2.45, 2.75) is 12.5 Å². The molecular weight excluding hydrogens is 220 g/mol. The van der Waals surface area contributed by atoms with Gasteiger partial charge in [0.05, 0.1) is 24.9 Å². The molecule has 0 fully saturated rings. The quantitative estimate of drug-likeness (QED) is 0.767. The third-order valence-corrected chi connectivity index (χ3v) is 2.25. The summed E-state index contributed by atoms with van der Waals surface area (Å²) in [5.41, 5.74) is 0.792. The van der Waals surface area contributed by atoms with E-state index >= 15 is 0 Å². The van der Waals surface area contributed by atoms with Gasteiger partial charge in [-0.3, -0.25) is 9.78 Å². The first-order valence-electron chi connectivity index (χ1n) is 5.46. The van der Waals surface area contributed by atoms with Gasteiger partial charge < -0.3 is 14.8 Å². The number of rotatable bonds is 7. The first-order chi connectivity index (χ1) is 8.27. The Labute approximate surface area is 101 Å². The molecule has 1 N–H and O–H groups in total. The number of hydrogen-bond donors (Lipinski definition) is 1. The fourth-order valence-corrected chi connectivity index (χ4v) is 1.41. The monoisotopic (exact) mass is 238 g/mol. The largest absolute Gasteiger partial charge is 0.384 e. The van der Waals surface area contributed by atoms with E-state index in [1.165, 1.54) is 0 Å². The second kappa shape index (κ2) is 7.76. The maximum absolute atomic E-state index is 11.6. The molecule has 5 nitrogen and oxygen atoms in total. The fourth-order valence-electron chi connectivity index (χ4n) is 1.41. The zero-order chi connectivity index (χ0) is 12.5. The van der Waals surface area contributed by atoms with Crippen LogP contribution in [-0.2, 0) is 14.3 Å². The minimum Gasteiger partial charge on any atom is -0.384 e. The molecule has 5 heteroatoms. The fraction of sp³-hybridized carbons (Fsp3) is 0.500. The Kier molecular flexibility index (Phi) is 6.21. The third kappa shape index (κ3) is 4.93. The number of carbonyl (C=O) groups excluding carboxylic acids is 1. The van der Waals surface area contributed by atoms with Crippen molar-refractivity contribution in [2.75, 3.05) is 27.4 Å². The van der Waals surface area contributed by atoms with E-state index in [0.29, 0.717) is 19.6 Å². The van der Waals surface area contributed by atoms with Gasteiger partial charge >= 0.3 is 0 Å². The summed E-state index contributed by atoms with van der Waals surface area (Å²) in [6.07, 6.45) is 2.03. The van der Waals surface area contributed by atoms with E-state index in [2.05, 4.69) is 10.3 Å². The molecule has 0 spiro atoms. The lowest BCUT2D eigenvalue weighted by Gasteiger charge is -2.17. The normalized spacial score (nSPS) is 12.1. The molecule has 17 heavy (non-hydrogen) atoms. The summed E-state index contributed by atoms with van der Waals surface area (Å²) < 4.78 is 9.93. The van der Waals surface area contributed by atoms with Crippen LogP contribution in [0.2, 0.25) is 0 Å². The lowest BCUT2D eigenvalue weighted by atomic mass is 10.2. The van der Waals surface area contributed by atoms with Crippen LogP contribution >= 0.6 is 0 Å². The van der Waals surface area contributed by atoms with Crippen molar-refractivity contribution in [3.63, 3.8) is 0 Å². The number of nitrogens with zero attached hydrogens (tertiary/aromatic N) is 1. The second-order valence-electron chi connectivity index (χ2n) is 3.57. The van der Waals surface area contributed by atoms with Crippen LogP contribution in [0.1, 0.15) is 18.2 Å². The van der Waals surface area contributed by atoms with Crippen molar-refractivity contribution in [2.24, 2.45) is 0 Å². The van der Waals surface area contributed by atoms with Gasteiger partial charge in [0.15, 0.2) is 0 Å². The van der Waals surface area contributed by atoms with Crippen molar-refractivity contribution in [3.05, 3.63) is 30.1 Å². The Morgan fingerprint density at radius 2 is 2.24 bits per heavy atom. The first-order valence-corrected chi connectivity index (χ1v) is 5.46. The highest BCUT2D eigenvalue weighted by Crippen LogP contribution is 2.09. The highest BCUT2D eigenvalue weighted by Gasteiger charge is 2.14.